The van der Waals surface area contributed by atoms with Gasteiger partial charge < -0.3 is 5.11 Å². The molecule has 1 saturated carbocycles. The third-order valence-corrected chi connectivity index (χ3v) is 6.48. The third kappa shape index (κ3) is 3.82. The van der Waals surface area contributed by atoms with Crippen LogP contribution in [0.15, 0.2) is 9.63 Å². The van der Waals surface area contributed by atoms with Gasteiger partial charge >= 0.3 is 0 Å². The Bertz CT molecular complexity index is 574. The van der Waals surface area contributed by atoms with Gasteiger partial charge in [-0.15, -0.1) is 5.10 Å². The van der Waals surface area contributed by atoms with E-state index < -0.39 is 15.6 Å². The van der Waals surface area contributed by atoms with E-state index in [0.29, 0.717) is 18.8 Å². The summed E-state index contributed by atoms with van der Waals surface area (Å²) in [5.74, 6) is 0.636. The zero-order valence-corrected chi connectivity index (χ0v) is 14.6. The van der Waals surface area contributed by atoms with Crippen LogP contribution in [0, 0.1) is 5.92 Å². The Labute approximate surface area is 133 Å². The van der Waals surface area contributed by atoms with Crippen molar-refractivity contribution in [1.82, 2.24) is 19.7 Å². The third-order valence-electron chi connectivity index (χ3n) is 4.20. The first-order chi connectivity index (χ1) is 9.77. The van der Waals surface area contributed by atoms with E-state index in [-0.39, 0.29) is 16.2 Å². The van der Waals surface area contributed by atoms with Crippen LogP contribution in [0.3, 0.4) is 0 Å². The van der Waals surface area contributed by atoms with Gasteiger partial charge in [0.05, 0.1) is 5.60 Å². The highest BCUT2D eigenvalue weighted by Gasteiger charge is 2.35. The SMILES string of the molecule is CCC1CCC(O)(CNS(=O)(=O)c2c(Br)nnn2C)CC1. The molecule has 0 spiro atoms. The number of aryl methyl sites for hydroxylation is 1. The highest BCUT2D eigenvalue weighted by molar-refractivity contribution is 9.10. The predicted molar refractivity (Wildman–Crippen MR) is 81.1 cm³/mol. The quantitative estimate of drug-likeness (QED) is 0.799. The van der Waals surface area contributed by atoms with E-state index >= 15 is 0 Å². The van der Waals surface area contributed by atoms with Crippen LogP contribution in [0.4, 0.5) is 0 Å². The number of nitrogens with zero attached hydrogens (tertiary/aromatic N) is 3. The molecule has 9 heteroatoms. The van der Waals surface area contributed by atoms with E-state index in [2.05, 4.69) is 37.9 Å². The van der Waals surface area contributed by atoms with E-state index in [0.717, 1.165) is 19.3 Å². The fourth-order valence-electron chi connectivity index (χ4n) is 2.71. The number of hydrogen-bond donors (Lipinski definition) is 2. The molecule has 1 fully saturated rings. The molecule has 0 aliphatic heterocycles. The minimum atomic E-state index is -3.75. The zero-order valence-electron chi connectivity index (χ0n) is 12.2. The molecule has 0 amide bonds. The molecule has 1 heterocycles. The summed E-state index contributed by atoms with van der Waals surface area (Å²) in [5, 5.41) is 17.8. The first-order valence-corrected chi connectivity index (χ1v) is 9.32. The Balaban J connectivity index is 2.03. The standard InChI is InChI=1S/C12H21BrN4O3S/c1-3-9-4-6-12(18,7-5-9)8-14-21(19,20)11-10(13)15-16-17(11)2/h9,14,18H,3-8H2,1-2H3. The Kier molecular flexibility index (Phi) is 5.07. The normalized spacial score (nSPS) is 27.0. The number of rotatable bonds is 5. The molecule has 0 unspecified atom stereocenters. The highest BCUT2D eigenvalue weighted by Crippen LogP contribution is 2.33. The van der Waals surface area contributed by atoms with Crippen LogP contribution in [0.1, 0.15) is 39.0 Å². The van der Waals surface area contributed by atoms with Gasteiger partial charge in [0, 0.05) is 13.6 Å². The van der Waals surface area contributed by atoms with E-state index in [1.165, 1.54) is 11.7 Å². The zero-order chi connectivity index (χ0) is 15.7. The predicted octanol–water partition coefficient (Wildman–Crippen LogP) is 1.19. The Morgan fingerprint density at radius 3 is 2.57 bits per heavy atom. The minimum absolute atomic E-state index is 0.0172. The fraction of sp³-hybridized carbons (Fsp3) is 0.833. The highest BCUT2D eigenvalue weighted by atomic mass is 79.9. The molecule has 1 aromatic heterocycles. The average Bonchev–Trinajstić information content (AvgIpc) is 2.78. The van der Waals surface area contributed by atoms with Crippen molar-refractivity contribution < 1.29 is 13.5 Å². The van der Waals surface area contributed by atoms with Crippen LogP contribution in [0.5, 0.6) is 0 Å². The Hall–Kier alpha value is -0.510. The molecular formula is C12H21BrN4O3S. The van der Waals surface area contributed by atoms with Gasteiger partial charge in [-0.25, -0.2) is 17.8 Å². The first-order valence-electron chi connectivity index (χ1n) is 7.04. The minimum Gasteiger partial charge on any atom is -0.389 e. The smallest absolute Gasteiger partial charge is 0.260 e. The van der Waals surface area contributed by atoms with Gasteiger partial charge in [0.25, 0.3) is 10.0 Å². The molecule has 0 saturated heterocycles. The maximum Gasteiger partial charge on any atom is 0.260 e. The Morgan fingerprint density at radius 2 is 2.10 bits per heavy atom. The summed E-state index contributed by atoms with van der Waals surface area (Å²) in [4.78, 5) is 0. The number of nitrogens with one attached hydrogen (secondary N) is 1. The monoisotopic (exact) mass is 380 g/mol. The second-order valence-corrected chi connectivity index (χ2v) is 8.14. The van der Waals surface area contributed by atoms with Crippen LogP contribution >= 0.6 is 15.9 Å². The van der Waals surface area contributed by atoms with Gasteiger partial charge in [0.2, 0.25) is 5.03 Å². The summed E-state index contributed by atoms with van der Waals surface area (Å²) in [6, 6.07) is 0. The molecule has 0 atom stereocenters. The van der Waals surface area contributed by atoms with Crippen molar-refractivity contribution in [1.29, 1.82) is 0 Å². The summed E-state index contributed by atoms with van der Waals surface area (Å²) < 4.78 is 28.4. The van der Waals surface area contributed by atoms with Crippen molar-refractivity contribution in [2.45, 2.75) is 49.7 Å². The lowest BCUT2D eigenvalue weighted by Crippen LogP contribution is -2.45. The lowest BCUT2D eigenvalue weighted by Gasteiger charge is -2.35. The molecule has 1 aromatic rings. The molecule has 2 N–H and O–H groups in total. The van der Waals surface area contributed by atoms with Gasteiger partial charge in [0.15, 0.2) is 4.60 Å². The molecular weight excluding hydrogens is 360 g/mol. The van der Waals surface area contributed by atoms with Gasteiger partial charge in [-0.05, 0) is 47.5 Å². The van der Waals surface area contributed by atoms with Gasteiger partial charge in [0.1, 0.15) is 0 Å². The Morgan fingerprint density at radius 1 is 1.48 bits per heavy atom. The summed E-state index contributed by atoms with van der Waals surface area (Å²) in [5.41, 5.74) is -0.961. The van der Waals surface area contributed by atoms with Crippen molar-refractivity contribution in [2.75, 3.05) is 6.54 Å². The van der Waals surface area contributed by atoms with Crippen LogP contribution < -0.4 is 4.72 Å². The van der Waals surface area contributed by atoms with Crippen molar-refractivity contribution in [2.24, 2.45) is 13.0 Å². The first kappa shape index (κ1) is 16.9. The van der Waals surface area contributed by atoms with Crippen molar-refractivity contribution >= 4 is 26.0 Å². The molecule has 2 rings (SSSR count). The summed E-state index contributed by atoms with van der Waals surface area (Å²) in [6.07, 6.45) is 4.23. The second-order valence-electron chi connectivity index (χ2n) is 5.71. The summed E-state index contributed by atoms with van der Waals surface area (Å²) >= 11 is 3.07. The van der Waals surface area contributed by atoms with Crippen LogP contribution in [-0.2, 0) is 17.1 Å². The van der Waals surface area contributed by atoms with Gasteiger partial charge in [-0.1, -0.05) is 18.6 Å². The van der Waals surface area contributed by atoms with Crippen LogP contribution in [0.25, 0.3) is 0 Å². The molecule has 21 heavy (non-hydrogen) atoms. The van der Waals surface area contributed by atoms with Gasteiger partial charge in [-0.2, -0.15) is 0 Å². The van der Waals surface area contributed by atoms with Crippen LogP contribution in [0.2, 0.25) is 0 Å². The van der Waals surface area contributed by atoms with E-state index in [9.17, 15) is 13.5 Å². The van der Waals surface area contributed by atoms with Crippen LogP contribution in [-0.4, -0.2) is 40.7 Å². The number of halogens is 1. The number of aliphatic hydroxyl groups is 1. The summed E-state index contributed by atoms with van der Waals surface area (Å²) in [7, 11) is -2.25. The molecule has 0 radical (unpaired) electrons. The lowest BCUT2D eigenvalue weighted by molar-refractivity contribution is -0.00445. The van der Waals surface area contributed by atoms with E-state index in [1.807, 2.05) is 0 Å². The largest absolute Gasteiger partial charge is 0.389 e. The number of aromatic nitrogens is 3. The molecule has 120 valence electrons. The maximum atomic E-state index is 12.3. The van der Waals surface area contributed by atoms with Crippen molar-refractivity contribution in [3.05, 3.63) is 4.60 Å². The van der Waals surface area contributed by atoms with E-state index in [1.54, 1.807) is 0 Å². The molecule has 7 nitrogen and oxygen atoms in total. The average molecular weight is 381 g/mol. The number of sulfonamides is 1. The molecule has 0 aromatic carbocycles. The lowest BCUT2D eigenvalue weighted by atomic mass is 9.78. The fourth-order valence-corrected chi connectivity index (χ4v) is 4.91. The maximum absolute atomic E-state index is 12.3. The molecule has 1 aliphatic carbocycles. The van der Waals surface area contributed by atoms with Crippen molar-refractivity contribution in [3.63, 3.8) is 0 Å². The van der Waals surface area contributed by atoms with Gasteiger partial charge in [-0.3, -0.25) is 0 Å². The topological polar surface area (TPSA) is 97.1 Å². The van der Waals surface area contributed by atoms with Crippen molar-refractivity contribution in [3.8, 4) is 0 Å². The molecule has 0 bridgehead atoms. The second kappa shape index (κ2) is 6.31. The molecule has 1 aliphatic rings. The van der Waals surface area contributed by atoms with E-state index in [4.69, 9.17) is 0 Å². The number of hydrogen-bond acceptors (Lipinski definition) is 5. The summed E-state index contributed by atoms with van der Waals surface area (Å²) in [6.45, 7) is 2.16.